The number of benzene rings is 3. The molecule has 5 nitrogen and oxygen atoms in total. The van der Waals surface area contributed by atoms with Gasteiger partial charge in [-0.05, 0) is 42.3 Å². The van der Waals surface area contributed by atoms with Crippen LogP contribution in [0.1, 0.15) is 22.6 Å². The van der Waals surface area contributed by atoms with Crippen molar-refractivity contribution in [1.82, 2.24) is 5.16 Å². The number of anilines is 1. The summed E-state index contributed by atoms with van der Waals surface area (Å²) < 4.78 is 5.29. The Labute approximate surface area is 161 Å². The van der Waals surface area contributed by atoms with Gasteiger partial charge >= 0.3 is 0 Å². The lowest BCUT2D eigenvalue weighted by Crippen LogP contribution is -2.35. The lowest BCUT2D eigenvalue weighted by molar-refractivity contribution is -0.129. The van der Waals surface area contributed by atoms with Crippen molar-refractivity contribution < 1.29 is 14.4 Å². The third kappa shape index (κ3) is 2.17. The summed E-state index contributed by atoms with van der Waals surface area (Å²) in [6.07, 6.45) is 0. The second-order valence-electron chi connectivity index (χ2n) is 7.15. The van der Waals surface area contributed by atoms with E-state index < -0.39 is 11.5 Å². The molecule has 1 aliphatic heterocycles. The number of aliphatic hydroxyl groups is 1. The van der Waals surface area contributed by atoms with E-state index in [1.165, 1.54) is 0 Å². The molecule has 0 saturated carbocycles. The molecular formula is C23H18N2O3. The van der Waals surface area contributed by atoms with Crippen LogP contribution >= 0.6 is 0 Å². The highest BCUT2D eigenvalue weighted by Crippen LogP contribution is 2.45. The van der Waals surface area contributed by atoms with Crippen molar-refractivity contribution in [3.8, 4) is 11.1 Å². The van der Waals surface area contributed by atoms with E-state index in [9.17, 15) is 9.90 Å². The Morgan fingerprint density at radius 3 is 2.57 bits per heavy atom. The minimum atomic E-state index is -1.77. The first-order chi connectivity index (χ1) is 13.5. The van der Waals surface area contributed by atoms with Gasteiger partial charge in [-0.3, -0.25) is 4.79 Å². The Hall–Kier alpha value is -3.44. The van der Waals surface area contributed by atoms with Crippen LogP contribution in [0.4, 0.5) is 5.69 Å². The molecule has 0 saturated heterocycles. The van der Waals surface area contributed by atoms with E-state index in [1.807, 2.05) is 68.4 Å². The van der Waals surface area contributed by atoms with Crippen molar-refractivity contribution >= 4 is 22.4 Å². The average molecular weight is 370 g/mol. The van der Waals surface area contributed by atoms with Gasteiger partial charge in [0.1, 0.15) is 5.76 Å². The van der Waals surface area contributed by atoms with E-state index in [4.69, 9.17) is 4.52 Å². The predicted molar refractivity (Wildman–Crippen MR) is 107 cm³/mol. The topological polar surface area (TPSA) is 75.4 Å². The third-order valence-electron chi connectivity index (χ3n) is 5.49. The fourth-order valence-corrected chi connectivity index (χ4v) is 4.15. The van der Waals surface area contributed by atoms with Crippen LogP contribution in [0.15, 0.2) is 65.2 Å². The van der Waals surface area contributed by atoms with Crippen molar-refractivity contribution in [1.29, 1.82) is 0 Å². The van der Waals surface area contributed by atoms with Gasteiger partial charge in [-0.1, -0.05) is 53.7 Å². The van der Waals surface area contributed by atoms with Gasteiger partial charge in [0, 0.05) is 22.4 Å². The average Bonchev–Trinajstić information content (AvgIpc) is 3.17. The van der Waals surface area contributed by atoms with Gasteiger partial charge < -0.3 is 14.9 Å². The number of amides is 1. The highest BCUT2D eigenvalue weighted by atomic mass is 16.5. The maximum atomic E-state index is 12.9. The Kier molecular flexibility index (Phi) is 3.45. The van der Waals surface area contributed by atoms with Gasteiger partial charge in [0.2, 0.25) is 0 Å². The number of carbonyl (C=O) groups is 1. The van der Waals surface area contributed by atoms with Crippen LogP contribution in [0, 0.1) is 13.8 Å². The van der Waals surface area contributed by atoms with Gasteiger partial charge in [-0.15, -0.1) is 0 Å². The van der Waals surface area contributed by atoms with E-state index in [-0.39, 0.29) is 0 Å². The maximum Gasteiger partial charge on any atom is 0.265 e. The van der Waals surface area contributed by atoms with Gasteiger partial charge in [-0.25, -0.2) is 0 Å². The van der Waals surface area contributed by atoms with Crippen LogP contribution < -0.4 is 5.32 Å². The number of hydrogen-bond donors (Lipinski definition) is 2. The number of nitrogens with one attached hydrogen (secondary N) is 1. The molecule has 5 rings (SSSR count). The van der Waals surface area contributed by atoms with Gasteiger partial charge in [0.25, 0.3) is 5.91 Å². The molecule has 4 aromatic rings. The molecule has 2 N–H and O–H groups in total. The number of carbonyl (C=O) groups excluding carboxylic acids is 1. The Bertz CT molecular complexity index is 1230. The highest BCUT2D eigenvalue weighted by molar-refractivity contribution is 6.10. The normalized spacial score (nSPS) is 18.3. The molecule has 1 atom stereocenters. The molecule has 0 bridgehead atoms. The summed E-state index contributed by atoms with van der Waals surface area (Å²) in [6, 6.07) is 18.9. The molecule has 28 heavy (non-hydrogen) atoms. The highest BCUT2D eigenvalue weighted by Gasteiger charge is 2.47. The smallest absolute Gasteiger partial charge is 0.265 e. The number of fused-ring (bicyclic) bond motifs is 2. The zero-order chi connectivity index (χ0) is 19.5. The summed E-state index contributed by atoms with van der Waals surface area (Å²) in [5.74, 6) is 0.248. The Balaban J connectivity index is 1.77. The minimum Gasteiger partial charge on any atom is -0.372 e. The molecule has 0 radical (unpaired) electrons. The number of nitrogens with zero attached hydrogens (tertiary/aromatic N) is 1. The predicted octanol–water partition coefficient (Wildman–Crippen LogP) is 4.30. The van der Waals surface area contributed by atoms with Crippen LogP contribution in [0.3, 0.4) is 0 Å². The van der Waals surface area contributed by atoms with E-state index in [0.29, 0.717) is 22.6 Å². The maximum absolute atomic E-state index is 12.9. The molecule has 5 heteroatoms. The molecule has 3 aromatic carbocycles. The van der Waals surface area contributed by atoms with Crippen molar-refractivity contribution in [2.45, 2.75) is 19.4 Å². The first kappa shape index (κ1) is 16.7. The van der Waals surface area contributed by atoms with Gasteiger partial charge in [-0.2, -0.15) is 0 Å². The molecule has 0 aliphatic carbocycles. The Morgan fingerprint density at radius 2 is 1.79 bits per heavy atom. The number of aromatic nitrogens is 1. The van der Waals surface area contributed by atoms with E-state index in [1.54, 1.807) is 6.07 Å². The summed E-state index contributed by atoms with van der Waals surface area (Å²) in [4.78, 5) is 12.9. The summed E-state index contributed by atoms with van der Waals surface area (Å²) in [6.45, 7) is 3.72. The fourth-order valence-electron chi connectivity index (χ4n) is 4.15. The second kappa shape index (κ2) is 5.78. The van der Waals surface area contributed by atoms with Crippen LogP contribution in [0.5, 0.6) is 0 Å². The fraction of sp³-hybridized carbons (Fsp3) is 0.130. The molecule has 2 heterocycles. The zero-order valence-corrected chi connectivity index (χ0v) is 15.5. The Morgan fingerprint density at radius 1 is 1.00 bits per heavy atom. The van der Waals surface area contributed by atoms with E-state index in [2.05, 4.69) is 10.5 Å². The molecule has 138 valence electrons. The van der Waals surface area contributed by atoms with Crippen molar-refractivity contribution in [2.75, 3.05) is 5.32 Å². The van der Waals surface area contributed by atoms with Crippen LogP contribution in [-0.2, 0) is 10.4 Å². The lowest BCUT2D eigenvalue weighted by atomic mass is 9.83. The van der Waals surface area contributed by atoms with E-state index in [0.717, 1.165) is 27.6 Å². The standard InChI is InChI=1S/C23H18N2O3/c1-13-21(14(2)28-25-13)16-10-11-20-19(12-16)23(27,22(26)24-20)18-9-5-7-15-6-3-4-8-17(15)18/h3-12,27H,1-2H3,(H,24,26). The zero-order valence-electron chi connectivity index (χ0n) is 15.5. The minimum absolute atomic E-state index is 0.449. The first-order valence-corrected chi connectivity index (χ1v) is 9.10. The molecule has 1 aliphatic rings. The van der Waals surface area contributed by atoms with Crippen molar-refractivity contribution in [3.63, 3.8) is 0 Å². The van der Waals surface area contributed by atoms with Crippen LogP contribution in [0.25, 0.3) is 21.9 Å². The number of hydrogen-bond acceptors (Lipinski definition) is 4. The largest absolute Gasteiger partial charge is 0.372 e. The summed E-state index contributed by atoms with van der Waals surface area (Å²) >= 11 is 0. The molecule has 1 unspecified atom stereocenters. The monoisotopic (exact) mass is 370 g/mol. The molecule has 1 aromatic heterocycles. The SMILES string of the molecule is Cc1noc(C)c1-c1ccc2c(c1)C(O)(c1cccc3ccccc13)C(=O)N2. The molecule has 0 spiro atoms. The molecule has 0 fully saturated rings. The molecule has 1 amide bonds. The third-order valence-corrected chi connectivity index (χ3v) is 5.49. The number of aryl methyl sites for hydroxylation is 2. The second-order valence-corrected chi connectivity index (χ2v) is 7.15. The van der Waals surface area contributed by atoms with E-state index >= 15 is 0 Å². The van der Waals surface area contributed by atoms with Crippen molar-refractivity contribution in [3.05, 3.63) is 83.2 Å². The van der Waals surface area contributed by atoms with Gasteiger partial charge in [0.15, 0.2) is 5.60 Å². The van der Waals surface area contributed by atoms with Crippen LogP contribution in [0.2, 0.25) is 0 Å². The summed E-state index contributed by atoms with van der Waals surface area (Å²) in [5.41, 5.74) is 2.43. The van der Waals surface area contributed by atoms with Crippen LogP contribution in [-0.4, -0.2) is 16.2 Å². The van der Waals surface area contributed by atoms with Gasteiger partial charge in [0.05, 0.1) is 5.69 Å². The summed E-state index contributed by atoms with van der Waals surface area (Å²) in [5, 5.41) is 20.3. The molecular weight excluding hydrogens is 352 g/mol. The quantitative estimate of drug-likeness (QED) is 0.552. The first-order valence-electron chi connectivity index (χ1n) is 9.10. The lowest BCUT2D eigenvalue weighted by Gasteiger charge is -2.23. The number of rotatable bonds is 2. The van der Waals surface area contributed by atoms with Crippen molar-refractivity contribution in [2.24, 2.45) is 0 Å². The summed E-state index contributed by atoms with van der Waals surface area (Å²) in [7, 11) is 0.